The number of aromatic nitrogens is 2. The maximum Gasteiger partial charge on any atom is 0.315 e. The average Bonchev–Trinajstić information content (AvgIpc) is 3.03. The Kier molecular flexibility index (Phi) is 5.79. The molecule has 1 aromatic carbocycles. The number of carbonyl (C=O) groups excluding carboxylic acids is 1. The van der Waals surface area contributed by atoms with E-state index in [4.69, 9.17) is 4.52 Å². The van der Waals surface area contributed by atoms with E-state index in [0.29, 0.717) is 11.7 Å². The van der Waals surface area contributed by atoms with Crippen molar-refractivity contribution in [1.29, 1.82) is 0 Å². The molecule has 0 aliphatic heterocycles. The fourth-order valence-electron chi connectivity index (χ4n) is 2.29. The number of rotatable bonds is 5. The van der Waals surface area contributed by atoms with E-state index in [1.54, 1.807) is 6.92 Å². The minimum absolute atomic E-state index is 0.112. The molecule has 3 N–H and O–H groups in total. The summed E-state index contributed by atoms with van der Waals surface area (Å²) in [6, 6.07) is 6.69. The molecule has 1 aromatic heterocycles. The van der Waals surface area contributed by atoms with Gasteiger partial charge in [0.15, 0.2) is 5.82 Å². The number of aryl methyl sites for hydroxylation is 1. The predicted octanol–water partition coefficient (Wildman–Crippen LogP) is 2.77. The van der Waals surface area contributed by atoms with Crippen LogP contribution in [0.3, 0.4) is 0 Å². The van der Waals surface area contributed by atoms with Gasteiger partial charge in [0.05, 0.1) is 6.10 Å². The summed E-state index contributed by atoms with van der Waals surface area (Å²) in [5, 5.41) is 19.5. The molecule has 25 heavy (non-hydrogen) atoms. The van der Waals surface area contributed by atoms with Crippen molar-refractivity contribution in [3.63, 3.8) is 0 Å². The zero-order chi connectivity index (χ0) is 18.6. The molecule has 0 saturated carbocycles. The van der Waals surface area contributed by atoms with Crippen molar-refractivity contribution in [2.24, 2.45) is 0 Å². The van der Waals surface area contributed by atoms with Crippen molar-refractivity contribution in [2.45, 2.75) is 52.2 Å². The van der Waals surface area contributed by atoms with Gasteiger partial charge in [0.2, 0.25) is 5.89 Å². The van der Waals surface area contributed by atoms with Crippen molar-refractivity contribution in [3.8, 4) is 0 Å². The SMILES string of the molecule is Cc1ccccc1C(O)CNC(=O)NC(C)c1nc(C(C)(C)C)no1. The van der Waals surface area contributed by atoms with E-state index < -0.39 is 18.2 Å². The van der Waals surface area contributed by atoms with E-state index in [-0.39, 0.29) is 12.0 Å². The summed E-state index contributed by atoms with van der Waals surface area (Å²) in [6.45, 7) is 9.75. The van der Waals surface area contributed by atoms with Crippen LogP contribution in [0.25, 0.3) is 0 Å². The van der Waals surface area contributed by atoms with Crippen molar-refractivity contribution in [1.82, 2.24) is 20.8 Å². The van der Waals surface area contributed by atoms with E-state index in [2.05, 4.69) is 20.8 Å². The molecule has 0 aliphatic carbocycles. The summed E-state index contributed by atoms with van der Waals surface area (Å²) in [4.78, 5) is 16.3. The van der Waals surface area contributed by atoms with E-state index in [1.807, 2.05) is 52.0 Å². The molecule has 2 atom stereocenters. The van der Waals surface area contributed by atoms with Crippen LogP contribution in [-0.4, -0.2) is 27.8 Å². The van der Waals surface area contributed by atoms with E-state index in [1.165, 1.54) is 0 Å². The molecule has 0 spiro atoms. The van der Waals surface area contributed by atoms with Gasteiger partial charge < -0.3 is 20.3 Å². The fraction of sp³-hybridized carbons (Fsp3) is 0.500. The quantitative estimate of drug-likeness (QED) is 0.773. The molecule has 2 rings (SSSR count). The summed E-state index contributed by atoms with van der Waals surface area (Å²) in [5.74, 6) is 0.936. The molecule has 0 fully saturated rings. The van der Waals surface area contributed by atoms with Gasteiger partial charge in [-0.25, -0.2) is 4.79 Å². The second-order valence-electron chi connectivity index (χ2n) is 7.15. The van der Waals surface area contributed by atoms with Gasteiger partial charge in [0.25, 0.3) is 0 Å². The summed E-state index contributed by atoms with van der Waals surface area (Å²) in [6.07, 6.45) is -0.766. The van der Waals surface area contributed by atoms with Crippen LogP contribution in [0.1, 0.15) is 62.7 Å². The third-order valence-electron chi connectivity index (χ3n) is 3.83. The molecule has 7 heteroatoms. The first-order chi connectivity index (χ1) is 11.7. The second-order valence-corrected chi connectivity index (χ2v) is 7.15. The Morgan fingerprint density at radius 2 is 2.00 bits per heavy atom. The van der Waals surface area contributed by atoms with Gasteiger partial charge in [-0.15, -0.1) is 0 Å². The summed E-state index contributed by atoms with van der Waals surface area (Å²) < 4.78 is 5.21. The van der Waals surface area contributed by atoms with Crippen LogP contribution in [0.15, 0.2) is 28.8 Å². The minimum atomic E-state index is -0.766. The Bertz CT molecular complexity index is 721. The second kappa shape index (κ2) is 7.65. The number of hydrogen-bond donors (Lipinski definition) is 3. The van der Waals surface area contributed by atoms with Crippen LogP contribution in [-0.2, 0) is 5.41 Å². The molecule has 2 aromatic rings. The van der Waals surface area contributed by atoms with Gasteiger partial charge >= 0.3 is 6.03 Å². The number of benzene rings is 1. The molecule has 0 radical (unpaired) electrons. The standard InChI is InChI=1S/C18H26N4O3/c1-11-8-6-7-9-13(11)14(23)10-19-17(24)20-12(2)15-21-16(22-25-15)18(3,4)5/h6-9,12,14,23H,10H2,1-5H3,(H2,19,20,24). The lowest BCUT2D eigenvalue weighted by atomic mass is 9.96. The van der Waals surface area contributed by atoms with Gasteiger partial charge in [-0.2, -0.15) is 4.98 Å². The van der Waals surface area contributed by atoms with Gasteiger partial charge in [-0.05, 0) is 25.0 Å². The summed E-state index contributed by atoms with van der Waals surface area (Å²) in [5.41, 5.74) is 1.55. The first kappa shape index (κ1) is 18.9. The van der Waals surface area contributed by atoms with Crippen molar-refractivity contribution in [2.75, 3.05) is 6.54 Å². The Morgan fingerprint density at radius 3 is 2.60 bits per heavy atom. The molecule has 0 saturated heterocycles. The van der Waals surface area contributed by atoms with Gasteiger partial charge in [-0.1, -0.05) is 50.2 Å². The molecular weight excluding hydrogens is 320 g/mol. The number of urea groups is 1. The molecule has 0 bridgehead atoms. The van der Waals surface area contributed by atoms with Gasteiger partial charge in [0, 0.05) is 12.0 Å². The molecule has 7 nitrogen and oxygen atoms in total. The highest BCUT2D eigenvalue weighted by Gasteiger charge is 2.24. The predicted molar refractivity (Wildman–Crippen MR) is 94.1 cm³/mol. The maximum atomic E-state index is 12.0. The monoisotopic (exact) mass is 346 g/mol. The number of nitrogens with zero attached hydrogens (tertiary/aromatic N) is 2. The van der Waals surface area contributed by atoms with Gasteiger partial charge in [-0.3, -0.25) is 0 Å². The Hall–Kier alpha value is -2.41. The zero-order valence-corrected chi connectivity index (χ0v) is 15.3. The van der Waals surface area contributed by atoms with Crippen LogP contribution < -0.4 is 10.6 Å². The van der Waals surface area contributed by atoms with E-state index in [0.717, 1.165) is 11.1 Å². The maximum absolute atomic E-state index is 12.0. The number of carbonyl (C=O) groups is 1. The lowest BCUT2D eigenvalue weighted by Crippen LogP contribution is -2.39. The van der Waals surface area contributed by atoms with Crippen molar-refractivity contribution < 1.29 is 14.4 Å². The summed E-state index contributed by atoms with van der Waals surface area (Å²) >= 11 is 0. The Balaban J connectivity index is 1.87. The highest BCUT2D eigenvalue weighted by atomic mass is 16.5. The zero-order valence-electron chi connectivity index (χ0n) is 15.3. The summed E-state index contributed by atoms with van der Waals surface area (Å²) in [7, 11) is 0. The number of hydrogen-bond acceptors (Lipinski definition) is 5. The average molecular weight is 346 g/mol. The van der Waals surface area contributed by atoms with E-state index in [9.17, 15) is 9.90 Å². The fourth-order valence-corrected chi connectivity index (χ4v) is 2.29. The van der Waals surface area contributed by atoms with Crippen molar-refractivity contribution in [3.05, 3.63) is 47.1 Å². The molecule has 0 aliphatic rings. The Labute approximate surface area is 147 Å². The van der Waals surface area contributed by atoms with Crippen LogP contribution >= 0.6 is 0 Å². The van der Waals surface area contributed by atoms with Crippen LogP contribution in [0.4, 0.5) is 4.79 Å². The number of nitrogens with one attached hydrogen (secondary N) is 2. The lowest BCUT2D eigenvalue weighted by Gasteiger charge is -2.16. The molecule has 2 unspecified atom stereocenters. The number of amides is 2. The molecule has 1 heterocycles. The van der Waals surface area contributed by atoms with Crippen molar-refractivity contribution >= 4 is 6.03 Å². The number of aliphatic hydroxyl groups is 1. The topological polar surface area (TPSA) is 100 Å². The molecule has 2 amide bonds. The first-order valence-corrected chi connectivity index (χ1v) is 8.30. The number of aliphatic hydroxyl groups excluding tert-OH is 1. The smallest absolute Gasteiger partial charge is 0.315 e. The van der Waals surface area contributed by atoms with Crippen LogP contribution in [0.5, 0.6) is 0 Å². The third kappa shape index (κ3) is 5.03. The van der Waals surface area contributed by atoms with Gasteiger partial charge in [0.1, 0.15) is 6.04 Å². The minimum Gasteiger partial charge on any atom is -0.387 e. The lowest BCUT2D eigenvalue weighted by molar-refractivity contribution is 0.171. The highest BCUT2D eigenvalue weighted by Crippen LogP contribution is 2.20. The largest absolute Gasteiger partial charge is 0.387 e. The molecular formula is C18H26N4O3. The van der Waals surface area contributed by atoms with Crippen LogP contribution in [0, 0.1) is 6.92 Å². The normalized spacial score (nSPS) is 14.0. The highest BCUT2D eigenvalue weighted by molar-refractivity contribution is 5.74. The van der Waals surface area contributed by atoms with E-state index >= 15 is 0 Å². The first-order valence-electron chi connectivity index (χ1n) is 8.30. The van der Waals surface area contributed by atoms with Crippen LogP contribution in [0.2, 0.25) is 0 Å². The third-order valence-corrected chi connectivity index (χ3v) is 3.83. The Morgan fingerprint density at radius 1 is 1.32 bits per heavy atom. The molecule has 136 valence electrons.